The molecule has 64 heavy (non-hydrogen) atoms. The molecule has 0 bridgehead atoms. The van der Waals surface area contributed by atoms with Gasteiger partial charge in [-0.2, -0.15) is 0 Å². The molecular formula is C50H57N9O5. The predicted molar refractivity (Wildman–Crippen MR) is 254 cm³/mol. The van der Waals surface area contributed by atoms with E-state index in [2.05, 4.69) is 84.8 Å². The van der Waals surface area contributed by atoms with E-state index in [1.807, 2.05) is 30.5 Å². The Morgan fingerprint density at radius 3 is 1.73 bits per heavy atom. The summed E-state index contributed by atoms with van der Waals surface area (Å²) in [6, 6.07) is 34.9. The highest BCUT2D eigenvalue weighted by molar-refractivity contribution is 6.03. The number of nitrogens with two attached hydrogens (primary N) is 2. The van der Waals surface area contributed by atoms with Crippen LogP contribution in [0.2, 0.25) is 0 Å². The number of hydrogen-bond acceptors (Lipinski definition) is 11. The molecule has 2 fully saturated rings. The van der Waals surface area contributed by atoms with Crippen molar-refractivity contribution < 1.29 is 24.2 Å². The van der Waals surface area contributed by atoms with E-state index in [4.69, 9.17) is 21.3 Å². The Morgan fingerprint density at radius 1 is 0.656 bits per heavy atom. The molecule has 2 saturated carbocycles. The molecule has 2 aliphatic rings. The summed E-state index contributed by atoms with van der Waals surface area (Å²) in [5.74, 6) is 2.09. The zero-order valence-corrected chi connectivity index (χ0v) is 36.5. The number of carbonyl (C=O) groups is 3. The van der Waals surface area contributed by atoms with Crippen LogP contribution in [0.1, 0.15) is 90.1 Å². The van der Waals surface area contributed by atoms with Gasteiger partial charge in [-0.05, 0) is 141 Å². The third-order valence-electron chi connectivity index (χ3n) is 10.1. The number of ether oxygens (including phenoxy) is 1. The molecule has 3 aromatic heterocycles. The summed E-state index contributed by atoms with van der Waals surface area (Å²) in [5, 5.41) is 20.3. The van der Waals surface area contributed by atoms with E-state index >= 15 is 0 Å². The highest BCUT2D eigenvalue weighted by Crippen LogP contribution is 2.42. The van der Waals surface area contributed by atoms with Crippen LogP contribution < -0.4 is 32.7 Å². The van der Waals surface area contributed by atoms with E-state index in [1.54, 1.807) is 51.2 Å². The lowest BCUT2D eigenvalue weighted by Crippen LogP contribution is -2.34. The molecule has 0 saturated heterocycles. The number of anilines is 4. The summed E-state index contributed by atoms with van der Waals surface area (Å²) in [4.78, 5) is 47.2. The first-order valence-electron chi connectivity index (χ1n) is 21.5. The first kappa shape index (κ1) is 46.2. The number of aromatic carboxylic acids is 1. The number of carboxylic acid groups (broad SMARTS) is 1. The average molecular weight is 864 g/mol. The van der Waals surface area contributed by atoms with E-state index in [9.17, 15) is 14.4 Å². The molecule has 3 heterocycles. The summed E-state index contributed by atoms with van der Waals surface area (Å²) in [6.07, 6.45) is 9.94. The SMILES string of the molecule is CC(C)(C)OC(=O)NCCNc1ccc(C(=O)O)cc1.NCCNc1ccc(C(=O)Nc2ccc(-c3cccc(C4CC4)c3)cn2)cn1.Nc1ccc(-c2cccc(C3CC3)c2)cn1. The summed E-state index contributed by atoms with van der Waals surface area (Å²) < 4.78 is 5.09. The van der Waals surface area contributed by atoms with Crippen molar-refractivity contribution >= 4 is 41.1 Å². The molecule has 0 atom stereocenters. The van der Waals surface area contributed by atoms with Gasteiger partial charge in [0.15, 0.2) is 0 Å². The quantitative estimate of drug-likeness (QED) is 0.0510. The van der Waals surface area contributed by atoms with Crippen LogP contribution in [0.4, 0.5) is 27.9 Å². The van der Waals surface area contributed by atoms with Crippen molar-refractivity contribution in [3.8, 4) is 22.3 Å². The predicted octanol–water partition coefficient (Wildman–Crippen LogP) is 9.17. The van der Waals surface area contributed by atoms with Gasteiger partial charge >= 0.3 is 12.1 Å². The van der Waals surface area contributed by atoms with Crippen LogP contribution in [-0.2, 0) is 4.74 Å². The van der Waals surface area contributed by atoms with Crippen LogP contribution in [0, 0.1) is 0 Å². The van der Waals surface area contributed by atoms with Crippen LogP contribution in [0.15, 0.2) is 128 Å². The molecule has 0 spiro atoms. The van der Waals surface area contributed by atoms with Gasteiger partial charge in [0.05, 0.1) is 11.1 Å². The molecule has 14 nitrogen and oxygen atoms in total. The number of nitrogens with one attached hydrogen (secondary N) is 4. The zero-order chi connectivity index (χ0) is 45.5. The number of nitrogens with zero attached hydrogens (tertiary/aromatic N) is 3. The van der Waals surface area contributed by atoms with E-state index in [1.165, 1.54) is 60.7 Å². The second kappa shape index (κ2) is 22.2. The van der Waals surface area contributed by atoms with Crippen molar-refractivity contribution in [1.29, 1.82) is 0 Å². The Balaban J connectivity index is 0.000000167. The Hall–Kier alpha value is -7.32. The van der Waals surface area contributed by atoms with Crippen molar-refractivity contribution in [3.63, 3.8) is 0 Å². The molecule has 0 unspecified atom stereocenters. The van der Waals surface area contributed by atoms with Crippen LogP contribution >= 0.6 is 0 Å². The summed E-state index contributed by atoms with van der Waals surface area (Å²) in [6.45, 7) is 7.49. The fourth-order valence-corrected chi connectivity index (χ4v) is 6.43. The zero-order valence-electron chi connectivity index (χ0n) is 36.5. The monoisotopic (exact) mass is 863 g/mol. The maximum Gasteiger partial charge on any atom is 0.407 e. The van der Waals surface area contributed by atoms with Gasteiger partial charge in [-0.15, -0.1) is 0 Å². The van der Waals surface area contributed by atoms with E-state index in [0.717, 1.165) is 34.2 Å². The first-order valence-corrected chi connectivity index (χ1v) is 21.5. The number of carboxylic acids is 1. The number of nitrogen functional groups attached to an aromatic ring is 1. The van der Waals surface area contributed by atoms with Gasteiger partial charge in [0.1, 0.15) is 23.1 Å². The Bertz CT molecular complexity index is 2450. The number of carbonyl (C=O) groups excluding carboxylic acids is 2. The summed E-state index contributed by atoms with van der Waals surface area (Å²) in [5.41, 5.74) is 19.4. The van der Waals surface area contributed by atoms with Gasteiger partial charge in [0.25, 0.3) is 5.91 Å². The normalized spacial score (nSPS) is 12.9. The molecule has 0 radical (unpaired) electrons. The van der Waals surface area contributed by atoms with E-state index in [0.29, 0.717) is 49.2 Å². The molecule has 332 valence electrons. The summed E-state index contributed by atoms with van der Waals surface area (Å²) in [7, 11) is 0. The lowest BCUT2D eigenvalue weighted by molar-refractivity contribution is 0.0529. The summed E-state index contributed by atoms with van der Waals surface area (Å²) >= 11 is 0. The third kappa shape index (κ3) is 14.9. The highest BCUT2D eigenvalue weighted by atomic mass is 16.6. The maximum atomic E-state index is 12.4. The number of aromatic nitrogens is 3. The lowest BCUT2D eigenvalue weighted by atomic mass is 10.0. The van der Waals surface area contributed by atoms with Crippen molar-refractivity contribution in [2.24, 2.45) is 5.73 Å². The minimum Gasteiger partial charge on any atom is -0.478 e. The van der Waals surface area contributed by atoms with Gasteiger partial charge in [0, 0.05) is 61.6 Å². The molecule has 9 N–H and O–H groups in total. The average Bonchev–Trinajstić information content (AvgIpc) is 4.23. The number of benzene rings is 3. The topological polar surface area (TPSA) is 220 Å². The van der Waals surface area contributed by atoms with Crippen molar-refractivity contribution in [3.05, 3.63) is 150 Å². The van der Waals surface area contributed by atoms with E-state index < -0.39 is 17.7 Å². The highest BCUT2D eigenvalue weighted by Gasteiger charge is 2.24. The minimum absolute atomic E-state index is 0.238. The molecular weight excluding hydrogens is 807 g/mol. The minimum atomic E-state index is -0.955. The Kier molecular flexibility index (Phi) is 16.0. The smallest absolute Gasteiger partial charge is 0.407 e. The molecule has 2 amide bonds. The number of alkyl carbamates (subject to hydrolysis) is 1. The maximum absolute atomic E-state index is 12.4. The third-order valence-corrected chi connectivity index (χ3v) is 10.1. The fraction of sp³-hybridized carbons (Fsp3) is 0.280. The van der Waals surface area contributed by atoms with Crippen molar-refractivity contribution in [2.75, 3.05) is 47.9 Å². The van der Waals surface area contributed by atoms with Crippen LogP contribution in [-0.4, -0.2) is 69.8 Å². The number of hydrogen-bond donors (Lipinski definition) is 7. The van der Waals surface area contributed by atoms with Gasteiger partial charge in [-0.25, -0.2) is 24.5 Å². The molecule has 14 heteroatoms. The van der Waals surface area contributed by atoms with Crippen molar-refractivity contribution in [2.45, 2.75) is 63.9 Å². The lowest BCUT2D eigenvalue weighted by Gasteiger charge is -2.19. The van der Waals surface area contributed by atoms with Crippen LogP contribution in [0.5, 0.6) is 0 Å². The van der Waals surface area contributed by atoms with Gasteiger partial charge in [-0.1, -0.05) is 48.5 Å². The standard InChI is InChI=1S/C22H23N5O.C14H20N2O4.C14H14N2/c23-10-11-24-20-8-7-19(14-25-20)22(28)27-21-9-6-18(13-26-21)17-3-1-2-16(12-17)15-4-5-15;1-14(2,3)20-13(19)16-9-8-15-11-6-4-10(5-7-11)12(17)18;15-14-7-6-13(9-16-14)12-3-1-2-11(8-12)10-4-5-10/h1-3,6-9,12-15H,4-5,10-11,23H2,(H,24,25)(H,26,27,28);4-7,15H,8-9H2,1-3H3,(H,16,19)(H,17,18);1-3,6-10H,4-5H2,(H2,15,16). The first-order chi connectivity index (χ1) is 30.8. The van der Waals surface area contributed by atoms with Gasteiger partial charge in [-0.3, -0.25) is 4.79 Å². The van der Waals surface area contributed by atoms with Crippen molar-refractivity contribution in [1.82, 2.24) is 20.3 Å². The molecule has 0 aliphatic heterocycles. The largest absolute Gasteiger partial charge is 0.478 e. The van der Waals surface area contributed by atoms with Crippen LogP contribution in [0.25, 0.3) is 22.3 Å². The molecule has 8 rings (SSSR count). The Morgan fingerprint density at radius 2 is 1.23 bits per heavy atom. The Labute approximate surface area is 374 Å². The van der Waals surface area contributed by atoms with E-state index in [-0.39, 0.29) is 11.5 Å². The number of rotatable bonds is 14. The number of amides is 2. The fourth-order valence-electron chi connectivity index (χ4n) is 6.43. The van der Waals surface area contributed by atoms with Crippen LogP contribution in [0.3, 0.4) is 0 Å². The molecule has 3 aromatic carbocycles. The molecule has 6 aromatic rings. The van der Waals surface area contributed by atoms with Gasteiger partial charge in [0.2, 0.25) is 0 Å². The second-order valence-corrected chi connectivity index (χ2v) is 16.5. The second-order valence-electron chi connectivity index (χ2n) is 16.5. The van der Waals surface area contributed by atoms with Gasteiger partial charge < -0.3 is 42.6 Å². The number of pyridine rings is 3. The molecule has 2 aliphatic carbocycles.